The summed E-state index contributed by atoms with van der Waals surface area (Å²) in [6, 6.07) is 38.1. The number of thiophene rings is 1. The van der Waals surface area contributed by atoms with E-state index in [0.29, 0.717) is 0 Å². The van der Waals surface area contributed by atoms with Crippen LogP contribution in [0.2, 0.25) is 0 Å². The molecule has 0 aliphatic heterocycles. The van der Waals surface area contributed by atoms with Crippen LogP contribution in [0.3, 0.4) is 0 Å². The molecule has 0 amide bonds. The second-order valence-corrected chi connectivity index (χ2v) is 13.6. The predicted molar refractivity (Wildman–Crippen MR) is 181 cm³/mol. The molecule has 0 aliphatic rings. The molecule has 0 bridgehead atoms. The van der Waals surface area contributed by atoms with Crippen LogP contribution < -0.4 is 4.57 Å². The van der Waals surface area contributed by atoms with Crippen LogP contribution in [0.1, 0.15) is 31.9 Å². The fraction of sp³-hybridized carbons (Fsp3) is 0.154. The molecule has 3 heterocycles. The molecule has 2 nitrogen and oxygen atoms in total. The topological polar surface area (TPSA) is 8.81 Å². The molecule has 0 saturated carbocycles. The van der Waals surface area contributed by atoms with Gasteiger partial charge < -0.3 is 4.57 Å². The average molecular weight is 562 g/mol. The van der Waals surface area contributed by atoms with Crippen LogP contribution in [0.15, 0.2) is 109 Å². The van der Waals surface area contributed by atoms with Gasteiger partial charge in [0.2, 0.25) is 5.69 Å². The van der Waals surface area contributed by atoms with Crippen molar-refractivity contribution in [2.45, 2.75) is 33.1 Å². The average Bonchev–Trinajstić information content (AvgIpc) is 3.53. The molecule has 0 fully saturated rings. The Hall–Kier alpha value is -4.47. The third-order valence-corrected chi connectivity index (χ3v) is 10.2. The zero-order valence-electron chi connectivity index (χ0n) is 24.7. The molecule has 0 aliphatic carbocycles. The van der Waals surface area contributed by atoms with E-state index in [1.165, 1.54) is 80.8 Å². The molecule has 8 aromatic rings. The molecule has 8 rings (SSSR count). The molecule has 0 atom stereocenters. The molecule has 0 radical (unpaired) electrons. The largest absolute Gasteiger partial charge is 0.308 e. The van der Waals surface area contributed by atoms with E-state index in [4.69, 9.17) is 0 Å². The summed E-state index contributed by atoms with van der Waals surface area (Å²) in [6.07, 6.45) is 2.23. The summed E-state index contributed by atoms with van der Waals surface area (Å²) in [5.74, 6) is 0. The maximum atomic E-state index is 2.47. The lowest BCUT2D eigenvalue weighted by Crippen LogP contribution is -2.30. The van der Waals surface area contributed by atoms with E-state index in [9.17, 15) is 0 Å². The summed E-state index contributed by atoms with van der Waals surface area (Å²) in [6.45, 7) is 9.27. The Morgan fingerprint density at radius 3 is 1.93 bits per heavy atom. The van der Waals surface area contributed by atoms with Gasteiger partial charge in [0.05, 0.1) is 32.4 Å². The Kier molecular flexibility index (Phi) is 5.42. The Morgan fingerprint density at radius 2 is 1.26 bits per heavy atom. The molecule has 3 heteroatoms. The molecular weight excluding hydrogens is 529 g/mol. The summed E-state index contributed by atoms with van der Waals surface area (Å²) in [5.41, 5.74) is 9.07. The maximum absolute atomic E-state index is 2.47. The summed E-state index contributed by atoms with van der Waals surface area (Å²) in [5, 5.41) is 7.92. The second kappa shape index (κ2) is 9.01. The van der Waals surface area contributed by atoms with Gasteiger partial charge in [-0.3, -0.25) is 0 Å². The molecule has 204 valence electrons. The second-order valence-electron chi connectivity index (χ2n) is 12.5. The van der Waals surface area contributed by atoms with Crippen LogP contribution in [-0.4, -0.2) is 4.57 Å². The van der Waals surface area contributed by atoms with E-state index in [2.05, 4.69) is 153 Å². The van der Waals surface area contributed by atoms with Crippen LogP contribution in [-0.2, 0) is 12.5 Å². The summed E-state index contributed by atoms with van der Waals surface area (Å²) in [7, 11) is 2.19. The number of fused-ring (bicyclic) bond motifs is 7. The number of hydrogen-bond acceptors (Lipinski definition) is 1. The van der Waals surface area contributed by atoms with Crippen molar-refractivity contribution in [3.05, 3.63) is 120 Å². The highest BCUT2D eigenvalue weighted by molar-refractivity contribution is 7.26. The van der Waals surface area contributed by atoms with Gasteiger partial charge in [-0.1, -0.05) is 93.6 Å². The Balaban J connectivity index is 1.49. The minimum absolute atomic E-state index is 0.0228. The highest BCUT2D eigenvalue weighted by Gasteiger charge is 2.27. The van der Waals surface area contributed by atoms with E-state index in [-0.39, 0.29) is 5.41 Å². The number of aromatic nitrogens is 2. The van der Waals surface area contributed by atoms with Crippen molar-refractivity contribution in [3.8, 4) is 16.9 Å². The van der Waals surface area contributed by atoms with Gasteiger partial charge >= 0.3 is 0 Å². The third kappa shape index (κ3) is 3.53. The van der Waals surface area contributed by atoms with Crippen LogP contribution >= 0.6 is 11.3 Å². The van der Waals surface area contributed by atoms with E-state index in [1.54, 1.807) is 0 Å². The van der Waals surface area contributed by atoms with E-state index in [1.807, 2.05) is 11.3 Å². The molecule has 0 spiro atoms. The van der Waals surface area contributed by atoms with Gasteiger partial charge in [0.1, 0.15) is 7.05 Å². The molecular formula is C39H33N2S+. The van der Waals surface area contributed by atoms with Crippen molar-refractivity contribution in [3.63, 3.8) is 0 Å². The first-order valence-corrected chi connectivity index (χ1v) is 15.5. The minimum Gasteiger partial charge on any atom is -0.308 e. The minimum atomic E-state index is 0.0228. The number of para-hydroxylation sites is 2. The molecule has 0 saturated heterocycles. The number of rotatable bonds is 2. The van der Waals surface area contributed by atoms with Crippen LogP contribution in [0, 0.1) is 6.92 Å². The van der Waals surface area contributed by atoms with Crippen LogP contribution in [0.5, 0.6) is 0 Å². The molecule has 0 N–H and O–H groups in total. The first-order valence-electron chi connectivity index (χ1n) is 14.7. The standard InChI is InChI=1S/C39H33N2S/c1-24-25-13-6-7-14-26(25)31(39(2,3)4)23-30(24)37-36-29-17-12-20-34(38(29)42-35(36)21-22-40(37)5)41-32-18-10-8-15-27(32)28-16-9-11-19-33(28)41/h6-23H,1-5H3/q+1. The number of hydrogen-bond donors (Lipinski definition) is 0. The van der Waals surface area contributed by atoms with E-state index in [0.717, 1.165) is 0 Å². The summed E-state index contributed by atoms with van der Waals surface area (Å²) in [4.78, 5) is 0. The SMILES string of the molecule is Cc1c(-c2c3c(cc[n+]2C)sc2c(-n4c5ccccc5c5ccccc54)cccc23)cc(C(C)(C)C)c2ccccc12. The number of aryl methyl sites for hydroxylation is 2. The van der Waals surface area contributed by atoms with Crippen molar-refractivity contribution in [1.29, 1.82) is 0 Å². The van der Waals surface area contributed by atoms with Gasteiger partial charge in [-0.25, -0.2) is 4.57 Å². The monoisotopic (exact) mass is 561 g/mol. The van der Waals surface area contributed by atoms with Crippen LogP contribution in [0.4, 0.5) is 0 Å². The predicted octanol–water partition coefficient (Wildman–Crippen LogP) is 10.4. The molecule has 5 aromatic carbocycles. The lowest BCUT2D eigenvalue weighted by atomic mass is 9.80. The lowest BCUT2D eigenvalue weighted by molar-refractivity contribution is -0.659. The van der Waals surface area contributed by atoms with Gasteiger partial charge in [0.15, 0.2) is 6.20 Å². The Bertz CT molecular complexity index is 2310. The van der Waals surface area contributed by atoms with Gasteiger partial charge in [0, 0.05) is 26.9 Å². The van der Waals surface area contributed by atoms with Crippen molar-refractivity contribution >= 4 is 64.1 Å². The number of nitrogens with zero attached hydrogens (tertiary/aromatic N) is 2. The van der Waals surface area contributed by atoms with Gasteiger partial charge in [-0.05, 0) is 58.5 Å². The first-order chi connectivity index (χ1) is 20.3. The van der Waals surface area contributed by atoms with Gasteiger partial charge in [-0.2, -0.15) is 0 Å². The van der Waals surface area contributed by atoms with Gasteiger partial charge in [-0.15, -0.1) is 11.3 Å². The zero-order chi connectivity index (χ0) is 28.7. The Morgan fingerprint density at radius 1 is 0.667 bits per heavy atom. The van der Waals surface area contributed by atoms with Crippen LogP contribution in [0.25, 0.3) is 69.7 Å². The summed E-state index contributed by atoms with van der Waals surface area (Å²) < 4.78 is 7.42. The van der Waals surface area contributed by atoms with Gasteiger partial charge in [0.25, 0.3) is 0 Å². The Labute approximate surface area is 250 Å². The maximum Gasteiger partial charge on any atom is 0.221 e. The molecule has 3 aromatic heterocycles. The molecule has 0 unspecified atom stereocenters. The quantitative estimate of drug-likeness (QED) is 0.186. The zero-order valence-corrected chi connectivity index (χ0v) is 25.5. The van der Waals surface area contributed by atoms with Crippen molar-refractivity contribution < 1.29 is 4.57 Å². The highest BCUT2D eigenvalue weighted by Crippen LogP contribution is 2.45. The summed E-state index contributed by atoms with van der Waals surface area (Å²) >= 11 is 1.91. The van der Waals surface area contributed by atoms with Crippen molar-refractivity contribution in [2.75, 3.05) is 0 Å². The lowest BCUT2D eigenvalue weighted by Gasteiger charge is -2.24. The first kappa shape index (κ1) is 25.3. The molecule has 42 heavy (non-hydrogen) atoms. The van der Waals surface area contributed by atoms with Crippen molar-refractivity contribution in [2.24, 2.45) is 7.05 Å². The third-order valence-electron chi connectivity index (χ3n) is 8.96. The number of benzene rings is 5. The fourth-order valence-electron chi connectivity index (χ4n) is 6.98. The van der Waals surface area contributed by atoms with E-state index < -0.39 is 0 Å². The fourth-order valence-corrected chi connectivity index (χ4v) is 8.19. The van der Waals surface area contributed by atoms with E-state index >= 15 is 0 Å². The smallest absolute Gasteiger partial charge is 0.221 e. The number of pyridine rings is 1. The van der Waals surface area contributed by atoms with Crippen molar-refractivity contribution in [1.82, 2.24) is 4.57 Å². The normalized spacial score (nSPS) is 12.4. The highest BCUT2D eigenvalue weighted by atomic mass is 32.1.